The van der Waals surface area contributed by atoms with Gasteiger partial charge in [-0.15, -0.1) is 0 Å². The van der Waals surface area contributed by atoms with Crippen LogP contribution in [0.15, 0.2) is 312 Å². The van der Waals surface area contributed by atoms with Crippen LogP contribution in [0.2, 0.25) is 0 Å². The van der Waals surface area contributed by atoms with E-state index in [9.17, 15) is 0 Å². The van der Waals surface area contributed by atoms with Gasteiger partial charge in [-0.05, 0) is 203 Å². The zero-order chi connectivity index (χ0) is 56.4. The van der Waals surface area contributed by atoms with Gasteiger partial charge in [0.2, 0.25) is 0 Å². The highest BCUT2D eigenvalue weighted by molar-refractivity contribution is 6.27. The molecule has 0 aliphatic rings. The lowest BCUT2D eigenvalue weighted by Crippen LogP contribution is -1.94. The lowest BCUT2D eigenvalue weighted by molar-refractivity contribution is 0.668. The SMILES string of the molecule is c1ccc(-c2ccc3ccccc3c2-c2c3ccccc3c(-c3ccc4oc5cc(-c6cccc(-c7cc(-c8c9ccccc9c(-c9ccc%10oc%11ccccc%11c%10c9)c9ccccc89)c8ccccc8c7)c6)ccc5c4c3)c3ccccc23)cc1. The summed E-state index contributed by atoms with van der Waals surface area (Å²) in [7, 11) is 0. The first-order chi connectivity index (χ1) is 42.6. The second-order valence-electron chi connectivity index (χ2n) is 22.9. The van der Waals surface area contributed by atoms with Crippen molar-refractivity contribution in [3.8, 4) is 77.9 Å². The minimum atomic E-state index is 0.864. The van der Waals surface area contributed by atoms with Gasteiger partial charge in [-0.25, -0.2) is 0 Å². The van der Waals surface area contributed by atoms with Gasteiger partial charge >= 0.3 is 0 Å². The maximum absolute atomic E-state index is 6.82. The van der Waals surface area contributed by atoms with Crippen molar-refractivity contribution in [1.82, 2.24) is 0 Å². The van der Waals surface area contributed by atoms with E-state index in [-0.39, 0.29) is 0 Å². The van der Waals surface area contributed by atoms with Crippen LogP contribution >= 0.6 is 0 Å². The second kappa shape index (κ2) is 19.1. The highest BCUT2D eigenvalue weighted by Gasteiger charge is 2.24. The summed E-state index contributed by atoms with van der Waals surface area (Å²) in [4.78, 5) is 0. The van der Waals surface area contributed by atoms with Gasteiger partial charge in [0.05, 0.1) is 0 Å². The number of hydrogen-bond acceptors (Lipinski definition) is 2. The summed E-state index contributed by atoms with van der Waals surface area (Å²) in [5.74, 6) is 0. The summed E-state index contributed by atoms with van der Waals surface area (Å²) in [6.45, 7) is 0. The van der Waals surface area contributed by atoms with Gasteiger partial charge in [0.25, 0.3) is 0 Å². The van der Waals surface area contributed by atoms with Gasteiger partial charge in [0, 0.05) is 21.5 Å². The first kappa shape index (κ1) is 48.2. The fourth-order valence-electron chi connectivity index (χ4n) is 14.4. The van der Waals surface area contributed by atoms with E-state index < -0.39 is 0 Å². The Morgan fingerprint density at radius 2 is 0.581 bits per heavy atom. The maximum atomic E-state index is 6.82. The first-order valence-electron chi connectivity index (χ1n) is 29.6. The minimum Gasteiger partial charge on any atom is -0.456 e. The molecule has 398 valence electrons. The molecular weight excluding hydrogens is 1040 g/mol. The molecule has 86 heavy (non-hydrogen) atoms. The van der Waals surface area contributed by atoms with Gasteiger partial charge in [-0.3, -0.25) is 0 Å². The van der Waals surface area contributed by atoms with Crippen molar-refractivity contribution in [3.05, 3.63) is 303 Å². The van der Waals surface area contributed by atoms with Crippen LogP contribution in [0.5, 0.6) is 0 Å². The van der Waals surface area contributed by atoms with Gasteiger partial charge in [-0.2, -0.15) is 0 Å². The average molecular weight is 1090 g/mol. The average Bonchev–Trinajstić information content (AvgIpc) is 1.15. The Labute approximate surface area is 495 Å². The Kier molecular flexibility index (Phi) is 10.7. The first-order valence-corrected chi connectivity index (χ1v) is 29.6. The molecule has 0 amide bonds. The van der Waals surface area contributed by atoms with Crippen molar-refractivity contribution >= 4 is 109 Å². The number of furan rings is 2. The zero-order valence-corrected chi connectivity index (χ0v) is 46.7. The Bertz CT molecular complexity index is 5720. The van der Waals surface area contributed by atoms with E-state index in [1.54, 1.807) is 0 Å². The smallest absolute Gasteiger partial charge is 0.136 e. The molecule has 0 fully saturated rings. The quantitative estimate of drug-likeness (QED) is 0.149. The highest BCUT2D eigenvalue weighted by atomic mass is 16.3. The number of para-hydroxylation sites is 1. The molecule has 0 N–H and O–H groups in total. The largest absolute Gasteiger partial charge is 0.456 e. The van der Waals surface area contributed by atoms with E-state index >= 15 is 0 Å². The monoisotopic (exact) mass is 1090 g/mol. The summed E-state index contributed by atoms with van der Waals surface area (Å²) in [5.41, 5.74) is 20.2. The van der Waals surface area contributed by atoms with E-state index in [0.717, 1.165) is 71.7 Å². The van der Waals surface area contributed by atoms with Crippen molar-refractivity contribution in [2.24, 2.45) is 0 Å². The predicted molar refractivity (Wildman–Crippen MR) is 364 cm³/mol. The van der Waals surface area contributed by atoms with Gasteiger partial charge in [0.15, 0.2) is 0 Å². The Morgan fingerprint density at radius 3 is 1.20 bits per heavy atom. The molecule has 0 aliphatic heterocycles. The topological polar surface area (TPSA) is 26.3 Å². The molecule has 18 rings (SSSR count). The van der Waals surface area contributed by atoms with Gasteiger partial charge in [0.1, 0.15) is 22.3 Å². The molecule has 0 saturated heterocycles. The van der Waals surface area contributed by atoms with Gasteiger partial charge < -0.3 is 8.83 Å². The third-order valence-electron chi connectivity index (χ3n) is 18.2. The van der Waals surface area contributed by atoms with E-state index in [2.05, 4.69) is 297 Å². The lowest BCUT2D eigenvalue weighted by atomic mass is 9.82. The van der Waals surface area contributed by atoms with Gasteiger partial charge in [-0.1, -0.05) is 243 Å². The summed E-state index contributed by atoms with van der Waals surface area (Å²) in [6.07, 6.45) is 0. The molecule has 0 radical (unpaired) electrons. The number of hydrogen-bond donors (Lipinski definition) is 0. The summed E-state index contributed by atoms with van der Waals surface area (Å²) < 4.78 is 13.1. The van der Waals surface area contributed by atoms with Crippen LogP contribution in [0.1, 0.15) is 0 Å². The number of benzene rings is 16. The summed E-state index contributed by atoms with van der Waals surface area (Å²) >= 11 is 0. The van der Waals surface area contributed by atoms with Crippen molar-refractivity contribution < 1.29 is 8.83 Å². The summed E-state index contributed by atoms with van der Waals surface area (Å²) in [5, 5.41) is 19.1. The molecule has 2 aromatic heterocycles. The molecule has 0 spiro atoms. The third kappa shape index (κ3) is 7.46. The number of rotatable bonds is 7. The summed E-state index contributed by atoms with van der Waals surface area (Å²) in [6, 6.07) is 111. The molecule has 2 nitrogen and oxygen atoms in total. The predicted octanol–water partition coefficient (Wildman–Crippen LogP) is 24.1. The Morgan fingerprint density at radius 1 is 0.151 bits per heavy atom. The van der Waals surface area contributed by atoms with E-state index in [0.29, 0.717) is 0 Å². The van der Waals surface area contributed by atoms with Crippen LogP contribution in [0.25, 0.3) is 186 Å². The molecule has 18 aromatic rings. The van der Waals surface area contributed by atoms with Crippen LogP contribution in [-0.4, -0.2) is 0 Å². The minimum absolute atomic E-state index is 0.864. The van der Waals surface area contributed by atoms with Crippen molar-refractivity contribution in [2.75, 3.05) is 0 Å². The third-order valence-corrected chi connectivity index (χ3v) is 18.2. The molecule has 0 atom stereocenters. The van der Waals surface area contributed by atoms with Crippen LogP contribution < -0.4 is 0 Å². The van der Waals surface area contributed by atoms with Crippen molar-refractivity contribution in [1.29, 1.82) is 0 Å². The zero-order valence-electron chi connectivity index (χ0n) is 46.7. The Hall–Kier alpha value is -11.3. The molecule has 0 saturated carbocycles. The number of fused-ring (bicyclic) bond motifs is 12. The standard InChI is InChI=1S/C84H50O2/c1-2-19-51(20-3-1)62-41-37-52-21-4-7-26-61(52)83(62)84-71-34-14-10-30-67(71)81(68-31-11-15-35-72(68)84)58-40-44-78-74(48-58)64-42-38-55(50-79(64)86-78)53-23-18-24-54(45-53)59-46-56-22-5-6-25-60(56)75(49-59)82-69-32-12-8-28-65(69)80(66-29-9-13-33-70(66)82)57-39-43-77-73(47-57)63-27-16-17-36-76(63)85-77/h1-50H. The fraction of sp³-hybridized carbons (Fsp3) is 0. The molecule has 2 heterocycles. The van der Waals surface area contributed by atoms with Crippen LogP contribution in [0, 0.1) is 0 Å². The Balaban J connectivity index is 0.751. The van der Waals surface area contributed by atoms with Crippen LogP contribution in [0.4, 0.5) is 0 Å². The van der Waals surface area contributed by atoms with Crippen LogP contribution in [0.3, 0.4) is 0 Å². The van der Waals surface area contributed by atoms with Crippen molar-refractivity contribution in [3.63, 3.8) is 0 Å². The molecule has 2 heteroatoms. The van der Waals surface area contributed by atoms with Crippen molar-refractivity contribution in [2.45, 2.75) is 0 Å². The van der Waals surface area contributed by atoms with Crippen LogP contribution in [-0.2, 0) is 0 Å². The molecular formula is C84H50O2. The van der Waals surface area contributed by atoms with E-state index in [1.807, 2.05) is 6.07 Å². The lowest BCUT2D eigenvalue weighted by Gasteiger charge is -2.21. The second-order valence-corrected chi connectivity index (χ2v) is 22.9. The highest BCUT2D eigenvalue weighted by Crippen LogP contribution is 2.51. The molecule has 0 bridgehead atoms. The fourth-order valence-corrected chi connectivity index (χ4v) is 14.4. The molecule has 0 aliphatic carbocycles. The normalized spacial score (nSPS) is 12.0. The van der Waals surface area contributed by atoms with E-state index in [1.165, 1.54) is 115 Å². The molecule has 0 unspecified atom stereocenters. The van der Waals surface area contributed by atoms with E-state index in [4.69, 9.17) is 8.83 Å². The maximum Gasteiger partial charge on any atom is 0.136 e. The molecule has 16 aromatic carbocycles.